The molecule has 0 aliphatic heterocycles. The van der Waals surface area contributed by atoms with Crippen LogP contribution < -0.4 is 9.92 Å². The molecule has 0 atom stereocenters. The maximum absolute atomic E-state index is 13.2. The molecule has 0 fully saturated rings. The van der Waals surface area contributed by atoms with Crippen molar-refractivity contribution < 1.29 is 19.4 Å². The number of rotatable bonds is 7. The maximum Gasteiger partial charge on any atom is 0.415 e. The molecule has 7 heteroatoms. The molecule has 2 amide bonds. The molecule has 0 aliphatic carbocycles. The van der Waals surface area contributed by atoms with Gasteiger partial charge in [-0.1, -0.05) is 19.6 Å². The fraction of sp³-hybridized carbons (Fsp3) is 0.652. The van der Waals surface area contributed by atoms with Gasteiger partial charge in [-0.3, -0.25) is 4.79 Å². The van der Waals surface area contributed by atoms with E-state index in [1.54, 1.807) is 21.9 Å². The van der Waals surface area contributed by atoms with E-state index in [0.29, 0.717) is 5.75 Å². The van der Waals surface area contributed by atoms with Crippen LogP contribution in [0.5, 0.6) is 11.5 Å². The highest BCUT2D eigenvalue weighted by Crippen LogP contribution is 2.28. The summed E-state index contributed by atoms with van der Waals surface area (Å²) in [6, 6.07) is 3.04. The predicted molar refractivity (Wildman–Crippen MR) is 126 cm³/mol. The quantitative estimate of drug-likeness (QED) is 0.623. The maximum atomic E-state index is 13.2. The summed E-state index contributed by atoms with van der Waals surface area (Å²) in [6.45, 7) is 21.8. The van der Waals surface area contributed by atoms with E-state index in [1.165, 1.54) is 0 Å². The van der Waals surface area contributed by atoms with Gasteiger partial charge in [-0.2, -0.15) is 0 Å². The van der Waals surface area contributed by atoms with Gasteiger partial charge in [-0.05, 0) is 72.7 Å². The Hall–Kier alpha value is -2.02. The normalized spacial score (nSPS) is 12.1. The molecule has 0 unspecified atom stereocenters. The minimum atomic E-state index is -1.97. The van der Waals surface area contributed by atoms with Crippen LogP contribution in [0, 0.1) is 0 Å². The molecule has 0 aliphatic rings. The molecule has 1 N–H and O–H groups in total. The van der Waals surface area contributed by atoms with Crippen molar-refractivity contribution in [2.75, 3.05) is 0 Å². The topological polar surface area (TPSA) is 70.1 Å². The summed E-state index contributed by atoms with van der Waals surface area (Å²) in [7, 11) is -1.97. The first-order chi connectivity index (χ1) is 13.6. The van der Waals surface area contributed by atoms with Crippen LogP contribution in [0.15, 0.2) is 12.1 Å². The van der Waals surface area contributed by atoms with Crippen molar-refractivity contribution >= 4 is 25.3 Å². The van der Waals surface area contributed by atoms with E-state index >= 15 is 0 Å². The van der Waals surface area contributed by atoms with Crippen molar-refractivity contribution in [3.05, 3.63) is 17.7 Å². The Kier molecular flexibility index (Phi) is 8.55. The zero-order valence-electron chi connectivity index (χ0n) is 20.5. The summed E-state index contributed by atoms with van der Waals surface area (Å²) in [5, 5.41) is 11.5. The average Bonchev–Trinajstić information content (AvgIpc) is 2.53. The summed E-state index contributed by atoms with van der Waals surface area (Å²) in [5.74, 6) is 0.00804. The molecule has 0 spiro atoms. The fourth-order valence-electron chi connectivity index (χ4n) is 3.78. The third kappa shape index (κ3) is 6.00. The van der Waals surface area contributed by atoms with Gasteiger partial charge < -0.3 is 19.6 Å². The van der Waals surface area contributed by atoms with Crippen molar-refractivity contribution in [1.82, 2.24) is 9.80 Å². The number of hydrogen-bond acceptors (Lipinski definition) is 4. The largest absolute Gasteiger partial charge is 0.507 e. The van der Waals surface area contributed by atoms with Crippen LogP contribution in [-0.2, 0) is 0 Å². The zero-order valence-corrected chi connectivity index (χ0v) is 21.5. The smallest absolute Gasteiger partial charge is 0.415 e. The summed E-state index contributed by atoms with van der Waals surface area (Å²) in [4.78, 5) is 29.6. The van der Waals surface area contributed by atoms with Crippen LogP contribution in [0.2, 0.25) is 19.6 Å². The second-order valence-corrected chi connectivity index (χ2v) is 15.0. The number of hydrogen-bond donors (Lipinski definition) is 1. The van der Waals surface area contributed by atoms with E-state index < -0.39 is 14.2 Å². The van der Waals surface area contributed by atoms with Crippen LogP contribution in [0.4, 0.5) is 4.79 Å². The fourth-order valence-corrected chi connectivity index (χ4v) is 5.21. The Morgan fingerprint density at radius 1 is 0.833 bits per heavy atom. The van der Waals surface area contributed by atoms with Gasteiger partial charge >= 0.3 is 6.09 Å². The van der Waals surface area contributed by atoms with Gasteiger partial charge in [0.25, 0.3) is 5.91 Å². The lowest BCUT2D eigenvalue weighted by molar-refractivity contribution is 0.0639. The van der Waals surface area contributed by atoms with Crippen LogP contribution in [0.25, 0.3) is 0 Å². The van der Waals surface area contributed by atoms with E-state index in [9.17, 15) is 14.7 Å². The Morgan fingerprint density at radius 3 is 1.63 bits per heavy atom. The lowest BCUT2D eigenvalue weighted by Crippen LogP contribution is -2.46. The van der Waals surface area contributed by atoms with Gasteiger partial charge in [0.05, 0.1) is 13.6 Å². The lowest BCUT2D eigenvalue weighted by Gasteiger charge is -2.32. The minimum Gasteiger partial charge on any atom is -0.507 e. The molecule has 0 heterocycles. The Morgan fingerprint density at radius 2 is 1.27 bits per heavy atom. The Balaban J connectivity index is 3.55. The molecular weight excluding hydrogens is 396 g/mol. The average molecular weight is 437 g/mol. The highest BCUT2D eigenvalue weighted by molar-refractivity contribution is 6.89. The molecule has 170 valence electrons. The van der Waals surface area contributed by atoms with Crippen LogP contribution in [0.1, 0.15) is 65.7 Å². The summed E-state index contributed by atoms with van der Waals surface area (Å²) < 4.78 is 5.84. The first-order valence-electron chi connectivity index (χ1n) is 10.8. The van der Waals surface area contributed by atoms with E-state index in [0.717, 1.165) is 5.19 Å². The molecule has 0 saturated carbocycles. The summed E-state index contributed by atoms with van der Waals surface area (Å²) in [5.41, 5.74) is 0.155. The second kappa shape index (κ2) is 9.86. The number of aromatic hydroxyl groups is 1. The Bertz CT molecular complexity index is 751. The third-order valence-corrected chi connectivity index (χ3v) is 7.01. The van der Waals surface area contributed by atoms with Gasteiger partial charge in [0.15, 0.2) is 0 Å². The van der Waals surface area contributed by atoms with Crippen molar-refractivity contribution in [2.24, 2.45) is 0 Å². The lowest BCUT2D eigenvalue weighted by atomic mass is 10.1. The number of phenolic OH excluding ortho intramolecular Hbond substituents is 1. The van der Waals surface area contributed by atoms with Gasteiger partial charge in [0, 0.05) is 24.2 Å². The van der Waals surface area contributed by atoms with Gasteiger partial charge in [0.2, 0.25) is 0 Å². The first-order valence-corrected chi connectivity index (χ1v) is 14.3. The number of phenols is 1. The molecule has 6 nitrogen and oxygen atoms in total. The Labute approximate surface area is 183 Å². The second-order valence-electron chi connectivity index (χ2n) is 9.98. The number of amides is 2. The SMILES string of the molecule is CC(C)N(C(=O)Oc1cc(C(=O)N(C(C)C)C(C)C)c(O)cc1[Si](C)(C)C)C(C)C. The third-order valence-electron chi connectivity index (χ3n) is 5.00. The van der Waals surface area contributed by atoms with Crippen LogP contribution in [0.3, 0.4) is 0 Å². The number of carbonyl (C=O) groups excluding carboxylic acids is 2. The predicted octanol–water partition coefficient (Wildman–Crippen LogP) is 4.81. The summed E-state index contributed by atoms with van der Waals surface area (Å²) in [6.07, 6.45) is -0.451. The molecule has 0 bridgehead atoms. The standard InChI is InChI=1S/C23H40N2O4Si/c1-14(2)24(15(3)4)22(27)18-12-20(21(13-19(18)26)30(9,10)11)29-23(28)25(16(5)6)17(7)8/h12-17,26H,1-11H3. The molecule has 0 radical (unpaired) electrons. The molecular formula is C23H40N2O4Si. The van der Waals surface area contributed by atoms with Gasteiger partial charge in [0.1, 0.15) is 11.5 Å². The molecule has 0 aromatic heterocycles. The highest BCUT2D eigenvalue weighted by atomic mass is 28.3. The molecule has 0 saturated heterocycles. The molecule has 1 rings (SSSR count). The van der Waals surface area contributed by atoms with E-state index in [1.807, 2.05) is 55.4 Å². The first kappa shape index (κ1) is 26.0. The number of carbonyl (C=O) groups is 2. The van der Waals surface area contributed by atoms with Crippen molar-refractivity contribution in [2.45, 2.75) is 99.2 Å². The molecule has 1 aromatic carbocycles. The van der Waals surface area contributed by atoms with E-state index in [2.05, 4.69) is 19.6 Å². The van der Waals surface area contributed by atoms with E-state index in [4.69, 9.17) is 4.74 Å². The van der Waals surface area contributed by atoms with Gasteiger partial charge in [-0.15, -0.1) is 0 Å². The van der Waals surface area contributed by atoms with Gasteiger partial charge in [-0.25, -0.2) is 4.79 Å². The zero-order chi connectivity index (χ0) is 23.5. The number of ether oxygens (including phenoxy) is 1. The number of benzene rings is 1. The van der Waals surface area contributed by atoms with Crippen molar-refractivity contribution in [3.63, 3.8) is 0 Å². The monoisotopic (exact) mass is 436 g/mol. The van der Waals surface area contributed by atoms with Crippen LogP contribution >= 0.6 is 0 Å². The van der Waals surface area contributed by atoms with Crippen LogP contribution in [-0.4, -0.2) is 59.1 Å². The van der Waals surface area contributed by atoms with E-state index in [-0.39, 0.29) is 41.4 Å². The minimum absolute atomic E-state index is 0.0246. The van der Waals surface area contributed by atoms with Crippen molar-refractivity contribution in [1.29, 1.82) is 0 Å². The number of nitrogens with zero attached hydrogens (tertiary/aromatic N) is 2. The van der Waals surface area contributed by atoms with Crippen molar-refractivity contribution in [3.8, 4) is 11.5 Å². The molecule has 1 aromatic rings. The summed E-state index contributed by atoms with van der Waals surface area (Å²) >= 11 is 0. The highest BCUT2D eigenvalue weighted by Gasteiger charge is 2.31. The molecule has 30 heavy (non-hydrogen) atoms.